The molecule has 0 amide bonds. The van der Waals surface area contributed by atoms with Crippen molar-refractivity contribution in [3.8, 4) is 5.82 Å². The first kappa shape index (κ1) is 17.8. The zero-order chi connectivity index (χ0) is 17.9. The van der Waals surface area contributed by atoms with Gasteiger partial charge in [-0.2, -0.15) is 0 Å². The maximum absolute atomic E-state index is 13.9. The largest absolute Gasteiger partial charge is 0.382 e. The third-order valence-electron chi connectivity index (χ3n) is 3.26. The van der Waals surface area contributed by atoms with Crippen LogP contribution in [0.4, 0.5) is 10.2 Å². The summed E-state index contributed by atoms with van der Waals surface area (Å²) in [7, 11) is 0. The third kappa shape index (κ3) is 3.86. The molecule has 0 bridgehead atoms. The van der Waals surface area contributed by atoms with Crippen LogP contribution in [-0.2, 0) is 6.42 Å². The number of rotatable bonds is 2. The number of nitrogens with zero attached hydrogens (tertiary/aromatic N) is 4. The highest BCUT2D eigenvalue weighted by molar-refractivity contribution is 6.31. The van der Waals surface area contributed by atoms with Crippen LogP contribution < -0.4 is 11.3 Å². The molecular formula is C16H17ClFN5O. The number of hydrogen-bond acceptors (Lipinski definition) is 5. The van der Waals surface area contributed by atoms with Gasteiger partial charge in [-0.05, 0) is 26.0 Å². The van der Waals surface area contributed by atoms with Crippen LogP contribution in [0, 0.1) is 19.7 Å². The van der Waals surface area contributed by atoms with E-state index in [0.717, 1.165) is 12.1 Å². The maximum atomic E-state index is 13.9. The topological polar surface area (TPSA) is 86.7 Å². The molecule has 2 rings (SSSR count). The van der Waals surface area contributed by atoms with Crippen molar-refractivity contribution in [2.45, 2.75) is 27.2 Å². The van der Waals surface area contributed by atoms with Crippen LogP contribution >= 0.6 is 11.6 Å². The molecule has 0 aromatic carbocycles. The average molecular weight is 350 g/mol. The van der Waals surface area contributed by atoms with Crippen LogP contribution in [0.5, 0.6) is 0 Å². The number of anilines is 1. The second kappa shape index (κ2) is 7.35. The standard InChI is InChI=1S/C16H17ClFN5O/c1-4-14-22-10(3)12(17)6-11(18)5-9(2)16(24)23(14)15-8-20-13(19)7-21-15/h5-8H,4H2,1-3H3,(H2,19,20). The van der Waals surface area contributed by atoms with Crippen molar-refractivity contribution in [1.82, 2.24) is 19.5 Å². The van der Waals surface area contributed by atoms with Crippen molar-refractivity contribution in [3.05, 3.63) is 62.8 Å². The summed E-state index contributed by atoms with van der Waals surface area (Å²) in [5.74, 6) is 0.251. The predicted molar refractivity (Wildman–Crippen MR) is 91.3 cm³/mol. The highest BCUT2D eigenvalue weighted by Crippen LogP contribution is 2.13. The molecular weight excluding hydrogens is 333 g/mol. The molecule has 0 unspecified atom stereocenters. The van der Waals surface area contributed by atoms with E-state index in [2.05, 4.69) is 15.0 Å². The van der Waals surface area contributed by atoms with E-state index in [-0.39, 0.29) is 22.2 Å². The zero-order valence-electron chi connectivity index (χ0n) is 13.5. The second-order valence-corrected chi connectivity index (χ2v) is 5.52. The molecule has 0 atom stereocenters. The van der Waals surface area contributed by atoms with E-state index in [1.807, 2.05) is 6.92 Å². The summed E-state index contributed by atoms with van der Waals surface area (Å²) in [5.41, 5.74) is 5.65. The number of hydrogen-bond donors (Lipinski definition) is 1. The summed E-state index contributed by atoms with van der Waals surface area (Å²) in [6, 6.07) is 2.25. The van der Waals surface area contributed by atoms with Gasteiger partial charge in [-0.15, -0.1) is 0 Å². The Hall–Kier alpha value is -2.54. The van der Waals surface area contributed by atoms with E-state index < -0.39 is 11.4 Å². The predicted octanol–water partition coefficient (Wildman–Crippen LogP) is 2.70. The zero-order valence-corrected chi connectivity index (χ0v) is 14.3. The summed E-state index contributed by atoms with van der Waals surface area (Å²) in [5, 5.41) is 0.153. The van der Waals surface area contributed by atoms with Crippen molar-refractivity contribution in [2.75, 3.05) is 5.73 Å². The fourth-order valence-corrected chi connectivity index (χ4v) is 2.19. The smallest absolute Gasteiger partial charge is 0.260 e. The van der Waals surface area contributed by atoms with Crippen LogP contribution in [0.3, 0.4) is 0 Å². The van der Waals surface area contributed by atoms with Crippen molar-refractivity contribution in [2.24, 2.45) is 0 Å². The van der Waals surface area contributed by atoms with Crippen molar-refractivity contribution >= 4 is 17.4 Å². The minimum absolute atomic E-state index is 0.153. The minimum Gasteiger partial charge on any atom is -0.382 e. The molecule has 0 aliphatic heterocycles. The quantitative estimate of drug-likeness (QED) is 0.900. The fourth-order valence-electron chi connectivity index (χ4n) is 2.05. The van der Waals surface area contributed by atoms with Gasteiger partial charge in [-0.25, -0.2) is 23.9 Å². The lowest BCUT2D eigenvalue weighted by atomic mass is 10.3. The number of aryl methyl sites for hydroxylation is 3. The number of nitrogens with two attached hydrogens (primary N) is 1. The molecule has 0 radical (unpaired) electrons. The minimum atomic E-state index is -0.635. The number of halogens is 2. The first-order valence-corrected chi connectivity index (χ1v) is 7.62. The van der Waals surface area contributed by atoms with Crippen LogP contribution in [0.15, 0.2) is 29.3 Å². The molecule has 126 valence electrons. The molecule has 2 N–H and O–H groups in total. The van der Waals surface area contributed by atoms with Gasteiger partial charge in [0.1, 0.15) is 17.5 Å². The lowest BCUT2D eigenvalue weighted by Crippen LogP contribution is -2.24. The van der Waals surface area contributed by atoms with E-state index in [0.29, 0.717) is 17.9 Å². The van der Waals surface area contributed by atoms with E-state index in [4.69, 9.17) is 17.3 Å². The normalized spacial score (nSPS) is 10.4. The Morgan fingerprint density at radius 3 is 2.54 bits per heavy atom. The van der Waals surface area contributed by atoms with Gasteiger partial charge in [0.2, 0.25) is 0 Å². The fraction of sp³-hybridized carbons (Fsp3) is 0.250. The molecule has 0 fully saturated rings. The molecule has 0 spiro atoms. The third-order valence-corrected chi connectivity index (χ3v) is 3.65. The van der Waals surface area contributed by atoms with Gasteiger partial charge in [0.05, 0.1) is 23.1 Å². The Bertz CT molecular complexity index is 879. The molecule has 24 heavy (non-hydrogen) atoms. The summed E-state index contributed by atoms with van der Waals surface area (Å²) in [6.07, 6.45) is 3.13. The van der Waals surface area contributed by atoms with Crippen molar-refractivity contribution < 1.29 is 4.39 Å². The van der Waals surface area contributed by atoms with Gasteiger partial charge in [0.15, 0.2) is 5.82 Å². The summed E-state index contributed by atoms with van der Waals surface area (Å²) < 4.78 is 15.2. The molecule has 2 aromatic heterocycles. The lowest BCUT2D eigenvalue weighted by Gasteiger charge is -2.09. The molecule has 2 aromatic rings. The maximum Gasteiger partial charge on any atom is 0.260 e. The monoisotopic (exact) mass is 349 g/mol. The Kier molecular flexibility index (Phi) is 5.46. The van der Waals surface area contributed by atoms with E-state index in [1.165, 1.54) is 23.9 Å². The summed E-state index contributed by atoms with van der Waals surface area (Å²) in [6.45, 7) is 4.98. The Balaban J connectivity index is 3.02. The van der Waals surface area contributed by atoms with Gasteiger partial charge in [-0.1, -0.05) is 18.5 Å². The van der Waals surface area contributed by atoms with E-state index >= 15 is 0 Å². The van der Waals surface area contributed by atoms with E-state index in [1.54, 1.807) is 6.92 Å². The molecule has 0 aliphatic rings. The van der Waals surface area contributed by atoms with Gasteiger partial charge < -0.3 is 5.73 Å². The number of nitrogen functional groups attached to an aromatic ring is 1. The van der Waals surface area contributed by atoms with Crippen molar-refractivity contribution in [3.63, 3.8) is 0 Å². The molecule has 8 heteroatoms. The SMILES string of the molecule is CCc1nc(C)c(Cl)cc(F)cc(C)c(=O)n1-c1cnc(N)cn1. The molecule has 0 saturated heterocycles. The Morgan fingerprint density at radius 1 is 1.25 bits per heavy atom. The second-order valence-electron chi connectivity index (χ2n) is 5.11. The number of aromatic nitrogens is 4. The van der Waals surface area contributed by atoms with Gasteiger partial charge in [0.25, 0.3) is 5.56 Å². The molecule has 0 aliphatic carbocycles. The highest BCUT2D eigenvalue weighted by atomic mass is 35.5. The van der Waals surface area contributed by atoms with Crippen LogP contribution in [0.25, 0.3) is 5.82 Å². The molecule has 0 saturated carbocycles. The Labute approximate surface area is 143 Å². The van der Waals surface area contributed by atoms with Gasteiger partial charge >= 0.3 is 0 Å². The highest BCUT2D eigenvalue weighted by Gasteiger charge is 2.09. The van der Waals surface area contributed by atoms with Crippen LogP contribution in [0.1, 0.15) is 24.0 Å². The lowest BCUT2D eigenvalue weighted by molar-refractivity contribution is 0.626. The molecule has 6 nitrogen and oxygen atoms in total. The van der Waals surface area contributed by atoms with Crippen LogP contribution in [-0.4, -0.2) is 19.5 Å². The summed E-state index contributed by atoms with van der Waals surface area (Å²) >= 11 is 6.06. The van der Waals surface area contributed by atoms with E-state index in [9.17, 15) is 9.18 Å². The van der Waals surface area contributed by atoms with Crippen LogP contribution in [0.2, 0.25) is 5.02 Å². The first-order chi connectivity index (χ1) is 11.3. The first-order valence-electron chi connectivity index (χ1n) is 7.25. The summed E-state index contributed by atoms with van der Waals surface area (Å²) in [4.78, 5) is 25.2. The van der Waals surface area contributed by atoms with Gasteiger partial charge in [0, 0.05) is 12.0 Å². The average Bonchev–Trinajstić information content (AvgIpc) is 2.54. The Morgan fingerprint density at radius 2 is 1.96 bits per heavy atom. The van der Waals surface area contributed by atoms with Gasteiger partial charge in [-0.3, -0.25) is 4.79 Å². The molecule has 2 heterocycles. The van der Waals surface area contributed by atoms with Crippen molar-refractivity contribution in [1.29, 1.82) is 0 Å².